The van der Waals surface area contributed by atoms with Crippen LogP contribution >= 0.6 is 11.6 Å². The van der Waals surface area contributed by atoms with E-state index >= 15 is 0 Å². The lowest BCUT2D eigenvalue weighted by atomic mass is 9.45. The third-order valence-corrected chi connectivity index (χ3v) is 13.7. The predicted molar refractivity (Wildman–Crippen MR) is 204 cm³/mol. The van der Waals surface area contributed by atoms with Crippen LogP contribution in [-0.2, 0) is 52.7 Å². The van der Waals surface area contributed by atoms with Gasteiger partial charge < -0.3 is 34.3 Å². The van der Waals surface area contributed by atoms with Crippen molar-refractivity contribution < 1.29 is 67.9 Å². The van der Waals surface area contributed by atoms with Crippen LogP contribution in [0.3, 0.4) is 0 Å². The van der Waals surface area contributed by atoms with E-state index in [9.17, 15) is 54.1 Å². The number of allylic oxidation sites excluding steroid dienone is 4. The minimum absolute atomic E-state index is 0.0514. The molecule has 59 heavy (non-hydrogen) atoms. The van der Waals surface area contributed by atoms with Gasteiger partial charge in [0.25, 0.3) is 10.2 Å². The molecule has 1 amide bonds. The van der Waals surface area contributed by atoms with Gasteiger partial charge >= 0.3 is 17.9 Å². The van der Waals surface area contributed by atoms with E-state index in [4.69, 9.17) is 25.8 Å². The summed E-state index contributed by atoms with van der Waals surface area (Å²) in [6.45, 7) is 5.54. The summed E-state index contributed by atoms with van der Waals surface area (Å²) in [5.74, 6) is -5.61. The van der Waals surface area contributed by atoms with E-state index in [1.54, 1.807) is 32.9 Å². The Kier molecular flexibility index (Phi) is 15.6. The zero-order chi connectivity index (χ0) is 43.8. The van der Waals surface area contributed by atoms with Crippen LogP contribution in [0, 0.1) is 48.8 Å². The van der Waals surface area contributed by atoms with Gasteiger partial charge in [0.2, 0.25) is 11.7 Å². The number of amides is 1. The number of hydrogen-bond donors (Lipinski definition) is 2. The number of hydrogen-bond acceptors (Lipinski definition) is 16. The van der Waals surface area contributed by atoms with Crippen LogP contribution in [0.25, 0.3) is 0 Å². The molecule has 19 nitrogen and oxygen atoms in total. The molecule has 0 aliphatic heterocycles. The maximum Gasteiger partial charge on any atom is 0.329 e. The molecule has 4 aliphatic carbocycles. The van der Waals surface area contributed by atoms with Gasteiger partial charge in [0.15, 0.2) is 18.0 Å². The van der Waals surface area contributed by atoms with E-state index in [1.807, 2.05) is 6.92 Å². The normalized spacial score (nSPS) is 30.9. The number of halogens is 1. The molecule has 0 bridgehead atoms. The number of fused-ring (bicyclic) bond motifs is 5. The first-order valence-electron chi connectivity index (χ1n) is 20.0. The van der Waals surface area contributed by atoms with Gasteiger partial charge in [-0.15, -0.1) is 31.8 Å². The van der Waals surface area contributed by atoms with E-state index in [2.05, 4.69) is 15.0 Å². The highest BCUT2D eigenvalue weighted by Crippen LogP contribution is 2.72. The molecule has 1 unspecified atom stereocenters. The Morgan fingerprint density at radius 1 is 0.966 bits per heavy atom. The van der Waals surface area contributed by atoms with Crippen molar-refractivity contribution in [3.63, 3.8) is 0 Å². The standard InChI is InChI=1S/C39H54ClN3O16/c1-5-33(48)59-39(24(2)19-28-27-13-12-25-20-26(44)14-15-36(25,3)38(27,40)30(45)22-37(28,39)4)31(46)23-56-34(49)21-29(35(50)55-16-9-10-18-58-43(53)54)41-32(47)11-7-6-8-17-57-42(51)52/h14-15,20,24,27-30,45H,5-13,16-19,21-23H2,1-4H3,(H,41,47)/t24-,27-,28-,29?,30-,36-,37-,38-,39+/m0/s1. The molecule has 2 N–H and O–H groups in total. The van der Waals surface area contributed by atoms with Crippen LogP contribution in [0.15, 0.2) is 23.8 Å². The molecule has 20 heteroatoms. The number of carbonyl (C=O) groups excluding carboxylic acids is 6. The van der Waals surface area contributed by atoms with Gasteiger partial charge in [-0.25, -0.2) is 4.79 Å². The molecule has 0 radical (unpaired) electrons. The number of ether oxygens (including phenoxy) is 3. The fraction of sp³-hybridized carbons (Fsp3) is 0.744. The predicted octanol–water partition coefficient (Wildman–Crippen LogP) is 3.85. The number of nitrogens with zero attached hydrogens (tertiary/aromatic N) is 2. The molecule has 0 aromatic carbocycles. The average Bonchev–Trinajstić information content (AvgIpc) is 3.38. The van der Waals surface area contributed by atoms with Crippen molar-refractivity contribution in [2.45, 2.75) is 127 Å². The summed E-state index contributed by atoms with van der Waals surface area (Å²) in [4.78, 5) is 107. The Morgan fingerprint density at radius 3 is 2.25 bits per heavy atom. The number of ketones is 2. The van der Waals surface area contributed by atoms with Crippen LogP contribution in [0.4, 0.5) is 0 Å². The van der Waals surface area contributed by atoms with Gasteiger partial charge in [0.1, 0.15) is 6.04 Å². The van der Waals surface area contributed by atoms with Gasteiger partial charge in [-0.05, 0) is 75.4 Å². The van der Waals surface area contributed by atoms with Gasteiger partial charge in [-0.1, -0.05) is 45.8 Å². The van der Waals surface area contributed by atoms with Crippen LogP contribution in [-0.4, -0.2) is 99.7 Å². The summed E-state index contributed by atoms with van der Waals surface area (Å²) in [5, 5.41) is 33.3. The Labute approximate surface area is 346 Å². The molecule has 3 fully saturated rings. The first-order chi connectivity index (χ1) is 27.8. The van der Waals surface area contributed by atoms with Gasteiger partial charge in [0, 0.05) is 29.6 Å². The molecular formula is C39H54ClN3O16. The van der Waals surface area contributed by atoms with Crippen molar-refractivity contribution in [2.24, 2.45) is 28.6 Å². The van der Waals surface area contributed by atoms with Gasteiger partial charge in [0.05, 0.1) is 37.2 Å². The zero-order valence-electron chi connectivity index (χ0n) is 33.8. The highest BCUT2D eigenvalue weighted by Gasteiger charge is 2.76. The minimum atomic E-state index is -1.85. The van der Waals surface area contributed by atoms with Crippen LogP contribution < -0.4 is 5.32 Å². The summed E-state index contributed by atoms with van der Waals surface area (Å²) in [5.41, 5.74) is -3.07. The Hall–Kier alpha value is -4.65. The molecule has 0 aromatic heterocycles. The lowest BCUT2D eigenvalue weighted by Crippen LogP contribution is -2.69. The topological polar surface area (TPSA) is 267 Å². The quantitative estimate of drug-likeness (QED) is 0.0391. The number of unbranched alkanes of at least 4 members (excludes halogenated alkanes) is 3. The number of alkyl halides is 1. The van der Waals surface area contributed by atoms with E-state index in [0.29, 0.717) is 25.7 Å². The molecule has 0 spiro atoms. The van der Waals surface area contributed by atoms with E-state index in [-0.39, 0.29) is 82.4 Å². The second-order valence-electron chi connectivity index (χ2n) is 16.2. The largest absolute Gasteiger partial charge is 0.464 e. The molecule has 0 aromatic rings. The third-order valence-electron chi connectivity index (χ3n) is 12.7. The summed E-state index contributed by atoms with van der Waals surface area (Å²) < 4.78 is 16.8. The monoisotopic (exact) mass is 855 g/mol. The summed E-state index contributed by atoms with van der Waals surface area (Å²) in [7, 11) is 0. The summed E-state index contributed by atoms with van der Waals surface area (Å²) in [6.07, 6.45) is 5.26. The second kappa shape index (κ2) is 19.6. The number of rotatable bonds is 22. The third kappa shape index (κ3) is 9.88. The molecule has 9 atom stereocenters. The number of esters is 3. The van der Waals surface area contributed by atoms with Crippen molar-refractivity contribution in [3.05, 3.63) is 44.0 Å². The smallest absolute Gasteiger partial charge is 0.329 e. The van der Waals surface area contributed by atoms with Crippen molar-refractivity contribution >= 4 is 47.0 Å². The van der Waals surface area contributed by atoms with Crippen LogP contribution in [0.5, 0.6) is 0 Å². The van der Waals surface area contributed by atoms with Gasteiger partial charge in [-0.2, -0.15) is 0 Å². The van der Waals surface area contributed by atoms with E-state index < -0.39 is 92.2 Å². The number of aliphatic hydroxyl groups excluding tert-OH is 1. The Balaban J connectivity index is 1.50. The van der Waals surface area contributed by atoms with Crippen molar-refractivity contribution in [1.82, 2.24) is 5.32 Å². The Morgan fingerprint density at radius 2 is 1.61 bits per heavy atom. The SMILES string of the molecule is CCC(=O)O[C@@]1(C(=O)COC(=O)CC(NC(=O)CCCCCO[N+](=O)[O-])C(=O)OCCCCO[N+](=O)[O-])[C@@H](C)C[C@H]2[C@@H]3CCC4=CC(=O)C=C[C@]4(C)[C@@]3(Cl)[C@@H](O)C[C@@]21C. The van der Waals surface area contributed by atoms with Crippen molar-refractivity contribution in [3.8, 4) is 0 Å². The first-order valence-corrected chi connectivity index (χ1v) is 20.4. The zero-order valence-corrected chi connectivity index (χ0v) is 34.5. The Bertz CT molecular complexity index is 1720. The fourth-order valence-electron chi connectivity index (χ4n) is 9.91. The maximum atomic E-state index is 14.6. The summed E-state index contributed by atoms with van der Waals surface area (Å²) in [6, 6.07) is -1.56. The second-order valence-corrected chi connectivity index (χ2v) is 16.8. The lowest BCUT2D eigenvalue weighted by molar-refractivity contribution is -0.757. The molecular weight excluding hydrogens is 802 g/mol. The molecule has 328 valence electrons. The maximum absolute atomic E-state index is 14.6. The molecule has 3 saturated carbocycles. The highest BCUT2D eigenvalue weighted by atomic mass is 35.5. The molecule has 0 heterocycles. The number of aliphatic hydroxyl groups is 1. The highest BCUT2D eigenvalue weighted by molar-refractivity contribution is 6.26. The number of carbonyl (C=O) groups is 6. The molecule has 4 aliphatic rings. The fourth-order valence-corrected chi connectivity index (χ4v) is 10.4. The lowest BCUT2D eigenvalue weighted by Gasteiger charge is -2.64. The van der Waals surface area contributed by atoms with Crippen LogP contribution in [0.2, 0.25) is 0 Å². The molecule has 4 rings (SSSR count). The van der Waals surface area contributed by atoms with Crippen molar-refractivity contribution in [2.75, 3.05) is 26.4 Å². The molecule has 0 saturated heterocycles. The first kappa shape index (κ1) is 47.0. The van der Waals surface area contributed by atoms with Gasteiger partial charge in [-0.3, -0.25) is 24.0 Å². The van der Waals surface area contributed by atoms with E-state index in [1.165, 1.54) is 6.08 Å². The van der Waals surface area contributed by atoms with E-state index in [0.717, 1.165) is 5.57 Å². The number of Topliss-reactive ketones (excluding diaryl/α,β-unsaturated/α-hetero) is 1. The van der Waals surface area contributed by atoms with Crippen LogP contribution in [0.1, 0.15) is 105 Å². The average molecular weight is 856 g/mol. The number of nitrogens with one attached hydrogen (secondary N) is 1. The minimum Gasteiger partial charge on any atom is -0.464 e. The summed E-state index contributed by atoms with van der Waals surface area (Å²) >= 11 is 7.57. The van der Waals surface area contributed by atoms with Crippen molar-refractivity contribution in [1.29, 1.82) is 0 Å².